The molecule has 4 nitrogen and oxygen atoms in total. The average molecular weight is 270 g/mol. The van der Waals surface area contributed by atoms with Crippen molar-refractivity contribution in [3.8, 4) is 0 Å². The topological polar surface area (TPSA) is 55.6 Å². The van der Waals surface area contributed by atoms with E-state index < -0.39 is 5.60 Å². The summed E-state index contributed by atoms with van der Waals surface area (Å²) in [4.78, 5) is 14.3. The minimum Gasteiger partial charge on any atom is -0.444 e. The number of amides is 1. The van der Waals surface area contributed by atoms with Gasteiger partial charge >= 0.3 is 6.09 Å². The van der Waals surface area contributed by atoms with Gasteiger partial charge in [-0.1, -0.05) is 25.7 Å². The smallest absolute Gasteiger partial charge is 0.410 e. The van der Waals surface area contributed by atoms with Gasteiger partial charge in [-0.05, 0) is 46.6 Å². The van der Waals surface area contributed by atoms with Crippen molar-refractivity contribution < 1.29 is 9.53 Å². The molecule has 0 atom stereocenters. The molecule has 0 aliphatic heterocycles. The van der Waals surface area contributed by atoms with Crippen LogP contribution < -0.4 is 5.73 Å². The van der Waals surface area contributed by atoms with E-state index in [9.17, 15) is 4.79 Å². The van der Waals surface area contributed by atoms with Crippen LogP contribution in [-0.2, 0) is 4.74 Å². The Balaban J connectivity index is 2.65. The van der Waals surface area contributed by atoms with Crippen molar-refractivity contribution in [2.24, 2.45) is 5.73 Å². The van der Waals surface area contributed by atoms with Crippen LogP contribution in [0.1, 0.15) is 65.7 Å². The summed E-state index contributed by atoms with van der Waals surface area (Å²) in [5.74, 6) is 0. The lowest BCUT2D eigenvalue weighted by atomic mass is 10.1. The molecule has 2 N–H and O–H groups in total. The van der Waals surface area contributed by atoms with E-state index in [0.717, 1.165) is 25.8 Å². The van der Waals surface area contributed by atoms with Gasteiger partial charge in [-0.25, -0.2) is 4.79 Å². The fourth-order valence-corrected chi connectivity index (χ4v) is 2.57. The van der Waals surface area contributed by atoms with E-state index in [1.54, 1.807) is 0 Å². The molecule has 112 valence electrons. The van der Waals surface area contributed by atoms with E-state index in [4.69, 9.17) is 10.5 Å². The molecule has 1 aliphatic carbocycles. The number of rotatable bonds is 4. The minimum atomic E-state index is -0.428. The van der Waals surface area contributed by atoms with Gasteiger partial charge in [-0.2, -0.15) is 0 Å². The number of carbonyl (C=O) groups excluding carboxylic acids is 1. The molecule has 0 heterocycles. The van der Waals surface area contributed by atoms with Crippen molar-refractivity contribution in [2.75, 3.05) is 13.1 Å². The Morgan fingerprint density at radius 2 is 1.79 bits per heavy atom. The zero-order valence-corrected chi connectivity index (χ0v) is 12.8. The first-order valence-electron chi connectivity index (χ1n) is 7.64. The van der Waals surface area contributed by atoms with Gasteiger partial charge in [0.05, 0.1) is 0 Å². The lowest BCUT2D eigenvalue weighted by Crippen LogP contribution is -2.44. The van der Waals surface area contributed by atoms with Crippen LogP contribution in [0.3, 0.4) is 0 Å². The quantitative estimate of drug-likeness (QED) is 0.797. The van der Waals surface area contributed by atoms with Gasteiger partial charge < -0.3 is 15.4 Å². The van der Waals surface area contributed by atoms with E-state index in [1.807, 2.05) is 25.7 Å². The summed E-state index contributed by atoms with van der Waals surface area (Å²) in [5, 5.41) is 0. The normalized spacial score (nSPS) is 17.9. The SMILES string of the molecule is CC(C)(C)OC(=O)N(CCCN)C1CCCCCC1. The van der Waals surface area contributed by atoms with Crippen LogP contribution in [0.5, 0.6) is 0 Å². The number of nitrogens with zero attached hydrogens (tertiary/aromatic N) is 1. The summed E-state index contributed by atoms with van der Waals surface area (Å²) >= 11 is 0. The van der Waals surface area contributed by atoms with Gasteiger partial charge in [0.25, 0.3) is 0 Å². The van der Waals surface area contributed by atoms with Crippen LogP contribution in [0.2, 0.25) is 0 Å². The highest BCUT2D eigenvalue weighted by Crippen LogP contribution is 2.23. The molecule has 1 rings (SSSR count). The van der Waals surface area contributed by atoms with Crippen LogP contribution in [-0.4, -0.2) is 35.7 Å². The monoisotopic (exact) mass is 270 g/mol. The first-order valence-corrected chi connectivity index (χ1v) is 7.64. The van der Waals surface area contributed by atoms with Gasteiger partial charge in [0.15, 0.2) is 0 Å². The Kier molecular flexibility index (Phi) is 6.63. The molecule has 1 saturated carbocycles. The molecule has 0 radical (unpaired) electrons. The molecular weight excluding hydrogens is 240 g/mol. The standard InChI is InChI=1S/C15H30N2O2/c1-15(2,3)19-14(18)17(12-8-11-16)13-9-6-4-5-7-10-13/h13H,4-12,16H2,1-3H3. The van der Waals surface area contributed by atoms with Gasteiger partial charge in [-0.3, -0.25) is 0 Å². The number of carbonyl (C=O) groups is 1. The fourth-order valence-electron chi connectivity index (χ4n) is 2.57. The zero-order valence-electron chi connectivity index (χ0n) is 12.8. The van der Waals surface area contributed by atoms with Crippen molar-refractivity contribution in [2.45, 2.75) is 77.4 Å². The molecule has 4 heteroatoms. The van der Waals surface area contributed by atoms with Gasteiger partial charge in [0.1, 0.15) is 5.60 Å². The third-order valence-electron chi connectivity index (χ3n) is 3.50. The van der Waals surface area contributed by atoms with Gasteiger partial charge in [-0.15, -0.1) is 0 Å². The molecule has 19 heavy (non-hydrogen) atoms. The van der Waals surface area contributed by atoms with E-state index in [0.29, 0.717) is 12.6 Å². The van der Waals surface area contributed by atoms with Crippen molar-refractivity contribution in [1.82, 2.24) is 4.90 Å². The number of hydrogen-bond acceptors (Lipinski definition) is 3. The highest BCUT2D eigenvalue weighted by atomic mass is 16.6. The molecule has 0 bridgehead atoms. The Bertz CT molecular complexity index is 266. The van der Waals surface area contributed by atoms with Crippen molar-refractivity contribution >= 4 is 6.09 Å². The Hall–Kier alpha value is -0.770. The van der Waals surface area contributed by atoms with Gasteiger partial charge in [0.2, 0.25) is 0 Å². The molecule has 1 aliphatic rings. The summed E-state index contributed by atoms with van der Waals surface area (Å²) in [6.45, 7) is 7.08. The average Bonchev–Trinajstić information content (AvgIpc) is 2.56. The maximum Gasteiger partial charge on any atom is 0.410 e. The third kappa shape index (κ3) is 6.28. The van der Waals surface area contributed by atoms with E-state index >= 15 is 0 Å². The molecule has 0 unspecified atom stereocenters. The predicted octanol–water partition coefficient (Wildman–Crippen LogP) is 3.30. The third-order valence-corrected chi connectivity index (χ3v) is 3.50. The van der Waals surface area contributed by atoms with Crippen molar-refractivity contribution in [1.29, 1.82) is 0 Å². The highest BCUT2D eigenvalue weighted by Gasteiger charge is 2.28. The first kappa shape index (κ1) is 16.3. The molecule has 0 saturated heterocycles. The first-order chi connectivity index (χ1) is 8.94. The van der Waals surface area contributed by atoms with Crippen LogP contribution in [0.4, 0.5) is 4.79 Å². The minimum absolute atomic E-state index is 0.173. The Morgan fingerprint density at radius 3 is 2.26 bits per heavy atom. The van der Waals surface area contributed by atoms with Crippen LogP contribution in [0.15, 0.2) is 0 Å². The molecule has 0 spiro atoms. The summed E-state index contributed by atoms with van der Waals surface area (Å²) < 4.78 is 5.54. The molecule has 1 amide bonds. The van der Waals surface area contributed by atoms with Crippen molar-refractivity contribution in [3.63, 3.8) is 0 Å². The summed E-state index contributed by atoms with van der Waals surface area (Å²) in [6, 6.07) is 0.337. The van der Waals surface area contributed by atoms with Crippen LogP contribution in [0, 0.1) is 0 Å². The molecule has 0 aromatic rings. The van der Waals surface area contributed by atoms with Gasteiger partial charge in [0, 0.05) is 12.6 Å². The lowest BCUT2D eigenvalue weighted by molar-refractivity contribution is 0.0143. The molecular formula is C15H30N2O2. The summed E-state index contributed by atoms with van der Waals surface area (Å²) in [6.07, 6.45) is 7.88. The number of hydrogen-bond donors (Lipinski definition) is 1. The van der Waals surface area contributed by atoms with Crippen molar-refractivity contribution in [3.05, 3.63) is 0 Å². The second-order valence-corrected chi connectivity index (χ2v) is 6.46. The van der Waals surface area contributed by atoms with E-state index in [-0.39, 0.29) is 6.09 Å². The Morgan fingerprint density at radius 1 is 1.21 bits per heavy atom. The molecule has 1 fully saturated rings. The maximum atomic E-state index is 12.3. The molecule has 0 aromatic heterocycles. The second-order valence-electron chi connectivity index (χ2n) is 6.46. The number of nitrogens with two attached hydrogens (primary N) is 1. The predicted molar refractivity (Wildman–Crippen MR) is 78.1 cm³/mol. The highest BCUT2D eigenvalue weighted by molar-refractivity contribution is 5.68. The zero-order chi connectivity index (χ0) is 14.3. The Labute approximate surface area is 117 Å². The number of ether oxygens (including phenoxy) is 1. The maximum absolute atomic E-state index is 12.3. The van der Waals surface area contributed by atoms with E-state index in [1.165, 1.54) is 25.7 Å². The van der Waals surface area contributed by atoms with Crippen LogP contribution >= 0.6 is 0 Å². The summed E-state index contributed by atoms with van der Waals surface area (Å²) in [5.41, 5.74) is 5.16. The summed E-state index contributed by atoms with van der Waals surface area (Å²) in [7, 11) is 0. The van der Waals surface area contributed by atoms with Crippen LogP contribution in [0.25, 0.3) is 0 Å². The largest absolute Gasteiger partial charge is 0.444 e. The fraction of sp³-hybridized carbons (Fsp3) is 0.933. The molecule has 0 aromatic carbocycles. The van der Waals surface area contributed by atoms with E-state index in [2.05, 4.69) is 0 Å². The lowest BCUT2D eigenvalue weighted by Gasteiger charge is -2.33. The second kappa shape index (κ2) is 7.73.